The summed E-state index contributed by atoms with van der Waals surface area (Å²) >= 11 is 6.74. The van der Waals surface area contributed by atoms with E-state index in [9.17, 15) is 0 Å². The summed E-state index contributed by atoms with van der Waals surface area (Å²) in [6, 6.07) is 24.6. The third-order valence-corrected chi connectivity index (χ3v) is 3.47. The first-order valence-electron chi connectivity index (χ1n) is 5.60. The lowest BCUT2D eigenvalue weighted by Gasteiger charge is -1.95. The zero-order chi connectivity index (χ0) is 12.8. The molecule has 2 heteroatoms. The highest BCUT2D eigenvalue weighted by molar-refractivity contribution is 9.10. The lowest BCUT2D eigenvalue weighted by molar-refractivity contribution is 1.66. The Bertz CT molecular complexity index is 618. The Morgan fingerprint density at radius 2 is 1.11 bits per heavy atom. The minimum atomic E-state index is 1.13. The number of halogens is 2. The van der Waals surface area contributed by atoms with E-state index in [2.05, 4.69) is 74.3 Å². The maximum absolute atomic E-state index is 3.43. The fourth-order valence-electron chi connectivity index (χ4n) is 1.57. The van der Waals surface area contributed by atoms with Gasteiger partial charge in [0.15, 0.2) is 0 Å². The van der Waals surface area contributed by atoms with Crippen LogP contribution in [0.3, 0.4) is 0 Å². The van der Waals surface area contributed by atoms with E-state index in [1.165, 1.54) is 10.8 Å². The maximum atomic E-state index is 3.43. The minimum absolute atomic E-state index is 1.13. The molecule has 3 aromatic rings. The fraction of sp³-hybridized carbons (Fsp3) is 0. The summed E-state index contributed by atoms with van der Waals surface area (Å²) in [6.07, 6.45) is 0. The standard InChI is InChI=1S/C10H7Br.C6H5Br/c11-10-6-5-8-3-1-2-4-9(8)7-10;7-6-4-2-1-3-5-6/h1-7H;1-5H. The molecular weight excluding hydrogens is 352 g/mol. The van der Waals surface area contributed by atoms with Gasteiger partial charge in [0, 0.05) is 8.95 Å². The van der Waals surface area contributed by atoms with Gasteiger partial charge in [-0.1, -0.05) is 80.4 Å². The molecular formula is C16H12Br2. The number of rotatable bonds is 0. The molecule has 0 aliphatic heterocycles. The Hall–Kier alpha value is -1.12. The topological polar surface area (TPSA) is 0 Å². The van der Waals surface area contributed by atoms with Crippen molar-refractivity contribution in [2.75, 3.05) is 0 Å². The van der Waals surface area contributed by atoms with Gasteiger partial charge in [-0.3, -0.25) is 0 Å². The van der Waals surface area contributed by atoms with Crippen molar-refractivity contribution < 1.29 is 0 Å². The van der Waals surface area contributed by atoms with Crippen LogP contribution in [0.1, 0.15) is 0 Å². The Morgan fingerprint density at radius 1 is 0.500 bits per heavy atom. The van der Waals surface area contributed by atoms with Crippen LogP contribution in [0.5, 0.6) is 0 Å². The predicted molar refractivity (Wildman–Crippen MR) is 85.8 cm³/mol. The van der Waals surface area contributed by atoms with Crippen molar-refractivity contribution in [3.8, 4) is 0 Å². The monoisotopic (exact) mass is 362 g/mol. The normalized spacial score (nSPS) is 9.67. The highest BCUT2D eigenvalue weighted by Crippen LogP contribution is 2.18. The molecule has 0 unspecified atom stereocenters. The van der Waals surface area contributed by atoms with Crippen LogP contribution in [-0.2, 0) is 0 Å². The van der Waals surface area contributed by atoms with Gasteiger partial charge in [0.25, 0.3) is 0 Å². The van der Waals surface area contributed by atoms with E-state index in [1.807, 2.05) is 30.3 Å². The Labute approximate surface area is 124 Å². The Morgan fingerprint density at radius 3 is 1.72 bits per heavy atom. The molecule has 0 saturated heterocycles. The first-order chi connectivity index (χ1) is 8.75. The van der Waals surface area contributed by atoms with Crippen molar-refractivity contribution in [2.45, 2.75) is 0 Å². The second-order valence-electron chi connectivity index (χ2n) is 3.79. The molecule has 18 heavy (non-hydrogen) atoms. The van der Waals surface area contributed by atoms with Gasteiger partial charge in [0.05, 0.1) is 0 Å². The molecule has 3 rings (SSSR count). The molecule has 0 N–H and O–H groups in total. The quantitative estimate of drug-likeness (QED) is 0.456. The van der Waals surface area contributed by atoms with Gasteiger partial charge in [-0.05, 0) is 35.0 Å². The van der Waals surface area contributed by atoms with E-state index >= 15 is 0 Å². The zero-order valence-electron chi connectivity index (χ0n) is 9.68. The number of hydrogen-bond donors (Lipinski definition) is 0. The van der Waals surface area contributed by atoms with Crippen LogP contribution in [0.4, 0.5) is 0 Å². The Balaban J connectivity index is 0.000000149. The molecule has 0 amide bonds. The summed E-state index contributed by atoms with van der Waals surface area (Å²) in [6.45, 7) is 0. The summed E-state index contributed by atoms with van der Waals surface area (Å²) in [5.74, 6) is 0. The van der Waals surface area contributed by atoms with Crippen molar-refractivity contribution in [1.82, 2.24) is 0 Å². The summed E-state index contributed by atoms with van der Waals surface area (Å²) in [5, 5.41) is 2.57. The van der Waals surface area contributed by atoms with Crippen molar-refractivity contribution in [3.63, 3.8) is 0 Å². The summed E-state index contributed by atoms with van der Waals surface area (Å²) in [7, 11) is 0. The molecule has 0 bridgehead atoms. The van der Waals surface area contributed by atoms with Gasteiger partial charge in [-0.15, -0.1) is 0 Å². The molecule has 0 spiro atoms. The Kier molecular flexibility index (Phi) is 4.97. The molecule has 0 nitrogen and oxygen atoms in total. The fourth-order valence-corrected chi connectivity index (χ4v) is 2.26. The van der Waals surface area contributed by atoms with Crippen molar-refractivity contribution in [1.29, 1.82) is 0 Å². The average Bonchev–Trinajstić information content (AvgIpc) is 2.40. The first-order valence-corrected chi connectivity index (χ1v) is 7.19. The molecule has 3 aromatic carbocycles. The molecule has 0 radical (unpaired) electrons. The summed E-state index contributed by atoms with van der Waals surface area (Å²) < 4.78 is 2.27. The zero-order valence-corrected chi connectivity index (χ0v) is 12.9. The number of benzene rings is 3. The molecule has 0 saturated carbocycles. The largest absolute Gasteiger partial charge is 0.0622 e. The lowest BCUT2D eigenvalue weighted by Crippen LogP contribution is -1.69. The summed E-state index contributed by atoms with van der Waals surface area (Å²) in [4.78, 5) is 0. The average molecular weight is 364 g/mol. The highest BCUT2D eigenvalue weighted by Gasteiger charge is 1.90. The summed E-state index contributed by atoms with van der Waals surface area (Å²) in [5.41, 5.74) is 0. The molecule has 0 aliphatic rings. The minimum Gasteiger partial charge on any atom is -0.0622 e. The second kappa shape index (κ2) is 6.72. The lowest BCUT2D eigenvalue weighted by atomic mass is 10.1. The van der Waals surface area contributed by atoms with Crippen LogP contribution in [0.25, 0.3) is 10.8 Å². The van der Waals surface area contributed by atoms with Crippen molar-refractivity contribution >= 4 is 42.6 Å². The van der Waals surface area contributed by atoms with Crippen LogP contribution in [0.15, 0.2) is 81.7 Å². The van der Waals surface area contributed by atoms with Crippen LogP contribution in [-0.4, -0.2) is 0 Å². The SMILES string of the molecule is Brc1ccc2ccccc2c1.Brc1ccccc1. The van der Waals surface area contributed by atoms with Gasteiger partial charge in [0.1, 0.15) is 0 Å². The van der Waals surface area contributed by atoms with E-state index in [0.717, 1.165) is 8.95 Å². The van der Waals surface area contributed by atoms with Gasteiger partial charge < -0.3 is 0 Å². The molecule has 0 fully saturated rings. The third kappa shape index (κ3) is 3.97. The predicted octanol–water partition coefficient (Wildman–Crippen LogP) is 6.05. The van der Waals surface area contributed by atoms with Crippen LogP contribution < -0.4 is 0 Å². The highest BCUT2D eigenvalue weighted by atomic mass is 79.9. The number of fused-ring (bicyclic) bond motifs is 1. The van der Waals surface area contributed by atoms with Crippen molar-refractivity contribution in [3.05, 3.63) is 81.7 Å². The van der Waals surface area contributed by atoms with Gasteiger partial charge in [-0.25, -0.2) is 0 Å². The maximum Gasteiger partial charge on any atom is 0.0181 e. The smallest absolute Gasteiger partial charge is 0.0181 e. The molecule has 0 atom stereocenters. The molecule has 90 valence electrons. The molecule has 0 aliphatic carbocycles. The van der Waals surface area contributed by atoms with Crippen LogP contribution in [0.2, 0.25) is 0 Å². The van der Waals surface area contributed by atoms with Gasteiger partial charge in [-0.2, -0.15) is 0 Å². The van der Waals surface area contributed by atoms with E-state index in [1.54, 1.807) is 0 Å². The molecule has 0 aromatic heterocycles. The van der Waals surface area contributed by atoms with E-state index < -0.39 is 0 Å². The van der Waals surface area contributed by atoms with E-state index in [4.69, 9.17) is 0 Å². The first kappa shape index (κ1) is 13.3. The van der Waals surface area contributed by atoms with E-state index in [-0.39, 0.29) is 0 Å². The number of hydrogen-bond acceptors (Lipinski definition) is 0. The third-order valence-electron chi connectivity index (χ3n) is 2.44. The second-order valence-corrected chi connectivity index (χ2v) is 5.62. The van der Waals surface area contributed by atoms with Gasteiger partial charge >= 0.3 is 0 Å². The van der Waals surface area contributed by atoms with Gasteiger partial charge in [0.2, 0.25) is 0 Å². The van der Waals surface area contributed by atoms with Crippen LogP contribution >= 0.6 is 31.9 Å². The molecule has 0 heterocycles. The van der Waals surface area contributed by atoms with Crippen LogP contribution in [0, 0.1) is 0 Å². The van der Waals surface area contributed by atoms with E-state index in [0.29, 0.717) is 0 Å². The van der Waals surface area contributed by atoms with Crippen molar-refractivity contribution in [2.24, 2.45) is 0 Å².